The quantitative estimate of drug-likeness (QED) is 0.229. The summed E-state index contributed by atoms with van der Waals surface area (Å²) in [5.41, 5.74) is 0.818. The van der Waals surface area contributed by atoms with E-state index in [9.17, 15) is 19.5 Å². The molecule has 1 saturated heterocycles. The van der Waals surface area contributed by atoms with Gasteiger partial charge in [-0.1, -0.05) is 6.07 Å². The summed E-state index contributed by atoms with van der Waals surface area (Å²) in [5, 5.41) is 11.0. The summed E-state index contributed by atoms with van der Waals surface area (Å²) in [7, 11) is 5.15. The smallest absolute Gasteiger partial charge is 0.308 e. The first-order valence-electron chi connectivity index (χ1n) is 9.94. The van der Waals surface area contributed by atoms with E-state index in [1.54, 1.807) is 30.3 Å². The Morgan fingerprint density at radius 1 is 1.16 bits per heavy atom. The van der Waals surface area contributed by atoms with Gasteiger partial charge >= 0.3 is 5.97 Å². The van der Waals surface area contributed by atoms with Crippen LogP contribution in [-0.4, -0.2) is 71.8 Å². The number of benzene rings is 1. The molecule has 2 aromatic rings. The van der Waals surface area contributed by atoms with E-state index in [-0.39, 0.29) is 23.6 Å². The number of esters is 1. The van der Waals surface area contributed by atoms with Crippen LogP contribution in [0.25, 0.3) is 5.76 Å². The molecule has 1 aromatic heterocycles. The van der Waals surface area contributed by atoms with E-state index in [4.69, 9.17) is 9.47 Å². The molecule has 1 unspecified atom stereocenters. The van der Waals surface area contributed by atoms with Crippen LogP contribution in [-0.2, 0) is 14.4 Å². The van der Waals surface area contributed by atoms with Gasteiger partial charge in [0.05, 0.1) is 18.7 Å². The van der Waals surface area contributed by atoms with Crippen LogP contribution < -0.4 is 9.47 Å². The SMILES string of the molecule is COc1ccc(C2/C(=C(/O)c3ccncc3)C(=O)C(=O)N2CCN(C)C)cc1OC(C)=O. The summed E-state index contributed by atoms with van der Waals surface area (Å²) in [6.45, 7) is 2.02. The summed E-state index contributed by atoms with van der Waals surface area (Å²) in [6, 6.07) is 7.04. The van der Waals surface area contributed by atoms with Gasteiger partial charge in [0, 0.05) is 38.0 Å². The second kappa shape index (κ2) is 9.61. The van der Waals surface area contributed by atoms with E-state index in [1.165, 1.54) is 31.3 Å². The molecule has 9 heteroatoms. The fourth-order valence-electron chi connectivity index (χ4n) is 3.53. The summed E-state index contributed by atoms with van der Waals surface area (Å²) in [5.74, 6) is -1.86. The van der Waals surface area contributed by atoms with Crippen molar-refractivity contribution >= 4 is 23.4 Å². The number of ketones is 1. The van der Waals surface area contributed by atoms with Gasteiger partial charge in [-0.3, -0.25) is 19.4 Å². The lowest BCUT2D eigenvalue weighted by atomic mass is 9.95. The lowest BCUT2D eigenvalue weighted by molar-refractivity contribution is -0.140. The lowest BCUT2D eigenvalue weighted by Gasteiger charge is -2.27. The van der Waals surface area contributed by atoms with E-state index < -0.39 is 23.7 Å². The Balaban J connectivity index is 2.18. The predicted molar refractivity (Wildman–Crippen MR) is 116 cm³/mol. The molecule has 0 spiro atoms. The number of likely N-dealkylation sites (N-methyl/N-ethyl adjacent to an activating group) is 1. The van der Waals surface area contributed by atoms with Gasteiger partial charge in [-0.15, -0.1) is 0 Å². The van der Waals surface area contributed by atoms with E-state index in [0.29, 0.717) is 23.4 Å². The molecule has 1 N–H and O–H groups in total. The first kappa shape index (κ1) is 23.0. The minimum Gasteiger partial charge on any atom is -0.507 e. The first-order chi connectivity index (χ1) is 15.2. The number of hydrogen-bond acceptors (Lipinski definition) is 8. The molecule has 1 aromatic carbocycles. The van der Waals surface area contributed by atoms with Crippen molar-refractivity contribution in [3.63, 3.8) is 0 Å². The summed E-state index contributed by atoms with van der Waals surface area (Å²) < 4.78 is 10.5. The lowest BCUT2D eigenvalue weighted by Crippen LogP contribution is -2.35. The molecule has 0 bridgehead atoms. The molecule has 32 heavy (non-hydrogen) atoms. The third kappa shape index (κ3) is 4.62. The highest BCUT2D eigenvalue weighted by atomic mass is 16.6. The van der Waals surface area contributed by atoms with Gasteiger partial charge in [-0.2, -0.15) is 0 Å². The van der Waals surface area contributed by atoms with Crippen LogP contribution in [0.5, 0.6) is 11.5 Å². The number of aliphatic hydroxyl groups excluding tert-OH is 1. The molecule has 0 aliphatic carbocycles. The topological polar surface area (TPSA) is 109 Å². The van der Waals surface area contributed by atoms with Crippen LogP contribution in [0, 0.1) is 0 Å². The largest absolute Gasteiger partial charge is 0.507 e. The zero-order valence-electron chi connectivity index (χ0n) is 18.4. The average Bonchev–Trinajstić information content (AvgIpc) is 3.02. The fourth-order valence-corrected chi connectivity index (χ4v) is 3.53. The molecular weight excluding hydrogens is 414 g/mol. The summed E-state index contributed by atoms with van der Waals surface area (Å²) in [6.07, 6.45) is 2.97. The maximum Gasteiger partial charge on any atom is 0.308 e. The number of aromatic nitrogens is 1. The Hall–Kier alpha value is -3.72. The zero-order valence-corrected chi connectivity index (χ0v) is 18.4. The number of pyridine rings is 1. The van der Waals surface area contributed by atoms with Crippen molar-refractivity contribution in [3.8, 4) is 11.5 Å². The van der Waals surface area contributed by atoms with Crippen molar-refractivity contribution in [2.75, 3.05) is 34.3 Å². The third-order valence-electron chi connectivity index (χ3n) is 5.04. The predicted octanol–water partition coefficient (Wildman–Crippen LogP) is 2.00. The van der Waals surface area contributed by atoms with Gasteiger partial charge in [0.15, 0.2) is 11.5 Å². The molecule has 0 saturated carbocycles. The molecule has 1 aliphatic heterocycles. The van der Waals surface area contributed by atoms with Gasteiger partial charge < -0.3 is 24.4 Å². The second-order valence-corrected chi connectivity index (χ2v) is 7.54. The van der Waals surface area contributed by atoms with Gasteiger partial charge in [0.2, 0.25) is 0 Å². The van der Waals surface area contributed by atoms with E-state index >= 15 is 0 Å². The number of hydrogen-bond donors (Lipinski definition) is 1. The van der Waals surface area contributed by atoms with Crippen molar-refractivity contribution in [2.45, 2.75) is 13.0 Å². The van der Waals surface area contributed by atoms with Crippen LogP contribution in [0.3, 0.4) is 0 Å². The van der Waals surface area contributed by atoms with Crippen LogP contribution in [0.15, 0.2) is 48.3 Å². The molecular formula is C23H25N3O6. The standard InChI is InChI=1S/C23H25N3O6/c1-14(27)32-18-13-16(5-6-17(18)31-4)20-19(21(28)15-7-9-24-10-8-15)22(29)23(30)26(20)12-11-25(2)3/h5-10,13,20,28H,11-12H2,1-4H3/b21-19-. The number of methoxy groups -OCH3 is 1. The van der Waals surface area contributed by atoms with Gasteiger partial charge in [-0.25, -0.2) is 0 Å². The number of likely N-dealkylation sites (tertiary alicyclic amines) is 1. The number of nitrogens with zero attached hydrogens (tertiary/aromatic N) is 3. The normalized spacial score (nSPS) is 17.7. The summed E-state index contributed by atoms with van der Waals surface area (Å²) >= 11 is 0. The Morgan fingerprint density at radius 2 is 1.84 bits per heavy atom. The van der Waals surface area contributed by atoms with E-state index in [1.807, 2.05) is 19.0 Å². The monoisotopic (exact) mass is 439 g/mol. The minimum absolute atomic E-state index is 0.0427. The Kier molecular flexibility index (Phi) is 6.89. The van der Waals surface area contributed by atoms with Crippen LogP contribution in [0.2, 0.25) is 0 Å². The molecule has 1 amide bonds. The van der Waals surface area contributed by atoms with Crippen molar-refractivity contribution in [1.82, 2.24) is 14.8 Å². The molecule has 1 aliphatic rings. The Bertz CT molecular complexity index is 1060. The van der Waals surface area contributed by atoms with Gasteiger partial charge in [0.25, 0.3) is 11.7 Å². The maximum absolute atomic E-state index is 13.0. The molecule has 2 heterocycles. The van der Waals surface area contributed by atoms with Crippen LogP contribution >= 0.6 is 0 Å². The van der Waals surface area contributed by atoms with E-state index in [2.05, 4.69) is 4.98 Å². The zero-order chi connectivity index (χ0) is 23.4. The number of carbonyl (C=O) groups excluding carboxylic acids is 3. The number of Topliss-reactive ketones (excluding diaryl/α,β-unsaturated/α-hetero) is 1. The van der Waals surface area contributed by atoms with Gasteiger partial charge in [0.1, 0.15) is 5.76 Å². The van der Waals surface area contributed by atoms with Crippen molar-refractivity contribution < 1.29 is 29.0 Å². The van der Waals surface area contributed by atoms with Crippen LogP contribution in [0.4, 0.5) is 0 Å². The molecule has 0 radical (unpaired) electrons. The molecule has 1 atom stereocenters. The third-order valence-corrected chi connectivity index (χ3v) is 5.04. The average molecular weight is 439 g/mol. The highest BCUT2D eigenvalue weighted by Gasteiger charge is 2.46. The first-order valence-corrected chi connectivity index (χ1v) is 9.94. The molecule has 3 rings (SSSR count). The number of aliphatic hydroxyl groups is 1. The van der Waals surface area contributed by atoms with Crippen molar-refractivity contribution in [3.05, 3.63) is 59.4 Å². The van der Waals surface area contributed by atoms with Gasteiger partial charge in [-0.05, 0) is 43.9 Å². The highest BCUT2D eigenvalue weighted by Crippen LogP contribution is 2.41. The highest BCUT2D eigenvalue weighted by molar-refractivity contribution is 6.46. The maximum atomic E-state index is 13.0. The Morgan fingerprint density at radius 3 is 2.44 bits per heavy atom. The number of rotatable bonds is 7. The number of carbonyl (C=O) groups is 3. The number of amides is 1. The number of ether oxygens (including phenoxy) is 2. The van der Waals surface area contributed by atoms with Crippen molar-refractivity contribution in [1.29, 1.82) is 0 Å². The Labute approximate surface area is 185 Å². The molecule has 9 nitrogen and oxygen atoms in total. The van der Waals surface area contributed by atoms with E-state index in [0.717, 1.165) is 0 Å². The summed E-state index contributed by atoms with van der Waals surface area (Å²) in [4.78, 5) is 44.7. The molecule has 1 fully saturated rings. The van der Waals surface area contributed by atoms with Crippen LogP contribution in [0.1, 0.15) is 24.1 Å². The fraction of sp³-hybridized carbons (Fsp3) is 0.304. The second-order valence-electron chi connectivity index (χ2n) is 7.54. The van der Waals surface area contributed by atoms with Crippen molar-refractivity contribution in [2.24, 2.45) is 0 Å². The minimum atomic E-state index is -0.872. The molecule has 168 valence electrons.